The summed E-state index contributed by atoms with van der Waals surface area (Å²) < 4.78 is 41.0. The van der Waals surface area contributed by atoms with Gasteiger partial charge in [-0.15, -0.1) is 0 Å². The summed E-state index contributed by atoms with van der Waals surface area (Å²) in [6, 6.07) is 22.2. The molecule has 26 heavy (non-hydrogen) atoms. The molecule has 1 heterocycles. The van der Waals surface area contributed by atoms with Gasteiger partial charge in [0.25, 0.3) is 10.0 Å². The fraction of sp³-hybridized carbons (Fsp3) is 0.0500. The fourth-order valence-corrected chi connectivity index (χ4v) is 4.34. The second kappa shape index (κ2) is 6.38. The van der Waals surface area contributed by atoms with E-state index in [0.717, 1.165) is 9.98 Å². The van der Waals surface area contributed by atoms with Crippen molar-refractivity contribution in [2.45, 2.75) is 11.4 Å². The highest BCUT2D eigenvalue weighted by Crippen LogP contribution is 2.30. The van der Waals surface area contributed by atoms with E-state index in [0.29, 0.717) is 11.3 Å². The van der Waals surface area contributed by atoms with E-state index in [9.17, 15) is 12.8 Å². The van der Waals surface area contributed by atoms with Gasteiger partial charge < -0.3 is 0 Å². The number of fused-ring (bicyclic) bond motifs is 1. The van der Waals surface area contributed by atoms with Crippen molar-refractivity contribution in [3.05, 3.63) is 101 Å². The van der Waals surface area contributed by atoms with Gasteiger partial charge in [0.15, 0.2) is 0 Å². The molecule has 0 saturated carbocycles. The molecule has 0 aromatic heterocycles. The summed E-state index contributed by atoms with van der Waals surface area (Å²) in [5.41, 5.74) is 2.16. The maximum atomic E-state index is 14.0. The van der Waals surface area contributed by atoms with Crippen LogP contribution in [0.4, 0.5) is 4.39 Å². The monoisotopic (exact) mass is 366 g/mol. The van der Waals surface area contributed by atoms with Crippen molar-refractivity contribution in [1.82, 2.24) is 4.41 Å². The van der Waals surface area contributed by atoms with Crippen molar-refractivity contribution in [1.29, 1.82) is 0 Å². The number of sulfonamides is 1. The first-order chi connectivity index (χ1) is 12.6. The zero-order chi connectivity index (χ0) is 18.1. The van der Waals surface area contributed by atoms with Gasteiger partial charge in [-0.3, -0.25) is 0 Å². The molecule has 1 aliphatic rings. The molecule has 0 radical (unpaired) electrons. The summed E-state index contributed by atoms with van der Waals surface area (Å²) >= 11 is 0. The van der Waals surface area contributed by atoms with Crippen LogP contribution in [-0.2, 0) is 16.6 Å². The molecule has 1 aliphatic heterocycles. The fourth-order valence-electron chi connectivity index (χ4n) is 2.92. The minimum atomic E-state index is -3.86. The quantitative estimate of drug-likeness (QED) is 0.708. The van der Waals surface area contributed by atoms with Crippen LogP contribution in [0.2, 0.25) is 0 Å². The summed E-state index contributed by atoms with van der Waals surface area (Å²) in [6.07, 6.45) is 0. The lowest BCUT2D eigenvalue weighted by Crippen LogP contribution is -2.33. The first-order valence-corrected chi connectivity index (χ1v) is 9.51. The van der Waals surface area contributed by atoms with Crippen LogP contribution >= 0.6 is 0 Å². The maximum absolute atomic E-state index is 14.0. The Balaban J connectivity index is 1.88. The zero-order valence-electron chi connectivity index (χ0n) is 13.7. The van der Waals surface area contributed by atoms with Crippen molar-refractivity contribution in [2.24, 2.45) is 5.10 Å². The van der Waals surface area contributed by atoms with E-state index in [-0.39, 0.29) is 17.0 Å². The lowest BCUT2D eigenvalue weighted by molar-refractivity contribution is 0.414. The van der Waals surface area contributed by atoms with E-state index in [2.05, 4.69) is 5.10 Å². The Kier molecular flexibility index (Phi) is 4.05. The Morgan fingerprint density at radius 2 is 1.50 bits per heavy atom. The molecule has 130 valence electrons. The molecule has 6 heteroatoms. The third kappa shape index (κ3) is 2.78. The highest BCUT2D eigenvalue weighted by atomic mass is 32.2. The van der Waals surface area contributed by atoms with Gasteiger partial charge in [-0.2, -0.15) is 17.9 Å². The molecule has 4 rings (SSSR count). The number of halogens is 1. The van der Waals surface area contributed by atoms with Crippen LogP contribution in [0, 0.1) is 5.82 Å². The third-order valence-electron chi connectivity index (χ3n) is 4.22. The minimum absolute atomic E-state index is 0.167. The highest BCUT2D eigenvalue weighted by Gasteiger charge is 2.33. The lowest BCUT2D eigenvalue weighted by Gasteiger charge is -2.27. The van der Waals surface area contributed by atoms with Crippen LogP contribution in [0.3, 0.4) is 0 Å². The van der Waals surface area contributed by atoms with Gasteiger partial charge in [0.2, 0.25) is 0 Å². The number of hydrazone groups is 1. The number of rotatable bonds is 3. The molecule has 0 N–H and O–H groups in total. The lowest BCUT2D eigenvalue weighted by atomic mass is 10.0. The molecule has 0 spiro atoms. The second-order valence-electron chi connectivity index (χ2n) is 5.89. The largest absolute Gasteiger partial charge is 0.280 e. The first kappa shape index (κ1) is 16.5. The van der Waals surface area contributed by atoms with E-state index in [1.807, 2.05) is 30.3 Å². The molecule has 4 nitrogen and oxygen atoms in total. The predicted molar refractivity (Wildman–Crippen MR) is 97.7 cm³/mol. The Morgan fingerprint density at radius 3 is 2.27 bits per heavy atom. The number of hydrogen-bond donors (Lipinski definition) is 0. The zero-order valence-corrected chi connectivity index (χ0v) is 14.5. The van der Waals surface area contributed by atoms with Gasteiger partial charge in [0.1, 0.15) is 11.5 Å². The van der Waals surface area contributed by atoms with Gasteiger partial charge in [-0.1, -0.05) is 66.7 Å². The van der Waals surface area contributed by atoms with Gasteiger partial charge in [-0.25, -0.2) is 4.39 Å². The van der Waals surface area contributed by atoms with Gasteiger partial charge in [0, 0.05) is 16.7 Å². The molecular weight excluding hydrogens is 351 g/mol. The van der Waals surface area contributed by atoms with Crippen LogP contribution in [0.5, 0.6) is 0 Å². The Bertz CT molecular complexity index is 1100. The van der Waals surface area contributed by atoms with E-state index >= 15 is 0 Å². The average molecular weight is 366 g/mol. The highest BCUT2D eigenvalue weighted by molar-refractivity contribution is 7.89. The summed E-state index contributed by atoms with van der Waals surface area (Å²) in [6.45, 7) is -0.167. The topological polar surface area (TPSA) is 49.7 Å². The van der Waals surface area contributed by atoms with Crippen molar-refractivity contribution in [3.8, 4) is 0 Å². The number of hydrogen-bond acceptors (Lipinski definition) is 3. The molecular formula is C20H15FN2O2S. The number of benzene rings is 3. The maximum Gasteiger partial charge on any atom is 0.280 e. The van der Waals surface area contributed by atoms with E-state index in [1.165, 1.54) is 6.07 Å². The standard InChI is InChI=1S/C20H15FN2O2S/c21-18-12-6-4-10-16(18)14-23-22-20(15-8-2-1-3-9-15)17-11-5-7-13-19(17)26(23,24)25/h1-13H,14H2. The van der Waals surface area contributed by atoms with Crippen LogP contribution in [-0.4, -0.2) is 18.5 Å². The van der Waals surface area contributed by atoms with Gasteiger partial charge in [-0.05, 0) is 12.1 Å². The SMILES string of the molecule is O=S1(=O)c2ccccc2C(c2ccccc2)=NN1Cc1ccccc1F. The van der Waals surface area contributed by atoms with Gasteiger partial charge >= 0.3 is 0 Å². The molecule has 0 saturated heterocycles. The molecule has 0 bridgehead atoms. The average Bonchev–Trinajstić information content (AvgIpc) is 2.66. The van der Waals surface area contributed by atoms with Crippen LogP contribution in [0.15, 0.2) is 88.9 Å². The second-order valence-corrected chi connectivity index (χ2v) is 7.70. The minimum Gasteiger partial charge on any atom is -0.207 e. The summed E-state index contributed by atoms with van der Waals surface area (Å²) in [4.78, 5) is 0.171. The predicted octanol–water partition coefficient (Wildman–Crippen LogP) is 3.78. The summed E-state index contributed by atoms with van der Waals surface area (Å²) in [7, 11) is -3.86. The van der Waals surface area contributed by atoms with E-state index < -0.39 is 15.8 Å². The molecule has 3 aromatic carbocycles. The molecule has 0 amide bonds. The molecule has 0 aliphatic carbocycles. The molecule has 0 fully saturated rings. The molecule has 0 unspecified atom stereocenters. The van der Waals surface area contributed by atoms with E-state index in [4.69, 9.17) is 0 Å². The van der Waals surface area contributed by atoms with Crippen molar-refractivity contribution >= 4 is 15.7 Å². The van der Waals surface area contributed by atoms with Crippen LogP contribution < -0.4 is 0 Å². The molecule has 0 atom stereocenters. The van der Waals surface area contributed by atoms with Crippen LogP contribution in [0.1, 0.15) is 16.7 Å². The normalized spacial score (nSPS) is 15.3. The van der Waals surface area contributed by atoms with E-state index in [1.54, 1.807) is 42.5 Å². The third-order valence-corrected chi connectivity index (χ3v) is 5.90. The Labute approximate surface area is 151 Å². The molecule has 3 aromatic rings. The Hall–Kier alpha value is -2.99. The summed E-state index contributed by atoms with van der Waals surface area (Å²) in [5.74, 6) is -0.460. The number of nitrogens with zero attached hydrogens (tertiary/aromatic N) is 2. The van der Waals surface area contributed by atoms with Gasteiger partial charge in [0.05, 0.1) is 11.4 Å². The van der Waals surface area contributed by atoms with Crippen molar-refractivity contribution < 1.29 is 12.8 Å². The Morgan fingerprint density at radius 1 is 0.846 bits per heavy atom. The van der Waals surface area contributed by atoms with Crippen molar-refractivity contribution in [3.63, 3.8) is 0 Å². The van der Waals surface area contributed by atoms with Crippen LogP contribution in [0.25, 0.3) is 0 Å². The summed E-state index contributed by atoms with van der Waals surface area (Å²) in [5, 5.41) is 4.38. The van der Waals surface area contributed by atoms with Crippen molar-refractivity contribution in [2.75, 3.05) is 0 Å². The smallest absolute Gasteiger partial charge is 0.207 e. The first-order valence-electron chi connectivity index (χ1n) is 8.07.